The molecular formula is C15H20N2O3S. The van der Waals surface area contributed by atoms with Crippen LogP contribution < -0.4 is 4.72 Å². The smallest absolute Gasteiger partial charge is 0.263 e. The van der Waals surface area contributed by atoms with Crippen LogP contribution in [0.25, 0.3) is 0 Å². The Morgan fingerprint density at radius 1 is 1.24 bits per heavy atom. The summed E-state index contributed by atoms with van der Waals surface area (Å²) in [6.45, 7) is 4.30. The third-order valence-electron chi connectivity index (χ3n) is 3.42. The second kappa shape index (κ2) is 6.32. The Balaban J connectivity index is 2.36. The zero-order chi connectivity index (χ0) is 15.5. The average Bonchev–Trinajstić information content (AvgIpc) is 2.91. The lowest BCUT2D eigenvalue weighted by Crippen LogP contribution is -2.13. The summed E-state index contributed by atoms with van der Waals surface area (Å²) in [5.74, 6) is 0. The van der Waals surface area contributed by atoms with Gasteiger partial charge in [0.15, 0.2) is 0 Å². The quantitative estimate of drug-likeness (QED) is 0.860. The van der Waals surface area contributed by atoms with E-state index in [1.165, 1.54) is 6.07 Å². The summed E-state index contributed by atoms with van der Waals surface area (Å²) < 4.78 is 29.3. The number of nitrogens with one attached hydrogen (secondary N) is 1. The summed E-state index contributed by atoms with van der Waals surface area (Å²) in [6.07, 6.45) is 2.29. The van der Waals surface area contributed by atoms with E-state index in [9.17, 15) is 13.5 Å². The molecule has 0 aliphatic carbocycles. The van der Waals surface area contributed by atoms with Crippen LogP contribution in [0.15, 0.2) is 41.4 Å². The average molecular weight is 308 g/mol. The second-order valence-electron chi connectivity index (χ2n) is 4.73. The van der Waals surface area contributed by atoms with E-state index in [0.29, 0.717) is 17.9 Å². The van der Waals surface area contributed by atoms with Crippen molar-refractivity contribution in [1.29, 1.82) is 0 Å². The van der Waals surface area contributed by atoms with Gasteiger partial charge < -0.3 is 9.67 Å². The second-order valence-corrected chi connectivity index (χ2v) is 6.41. The topological polar surface area (TPSA) is 71.3 Å². The van der Waals surface area contributed by atoms with Crippen molar-refractivity contribution in [2.24, 2.45) is 0 Å². The van der Waals surface area contributed by atoms with E-state index >= 15 is 0 Å². The fraction of sp³-hybridized carbons (Fsp3) is 0.333. The molecule has 0 amide bonds. The Morgan fingerprint density at radius 3 is 2.52 bits per heavy atom. The Hall–Kier alpha value is -1.79. The molecule has 0 spiro atoms. The van der Waals surface area contributed by atoms with Crippen LogP contribution >= 0.6 is 0 Å². The minimum atomic E-state index is -3.65. The van der Waals surface area contributed by atoms with Crippen molar-refractivity contribution in [3.8, 4) is 0 Å². The molecule has 0 unspecified atom stereocenters. The molecule has 114 valence electrons. The predicted molar refractivity (Wildman–Crippen MR) is 82.7 cm³/mol. The van der Waals surface area contributed by atoms with Gasteiger partial charge in [-0.25, -0.2) is 8.42 Å². The van der Waals surface area contributed by atoms with E-state index in [1.54, 1.807) is 22.9 Å². The molecule has 6 heteroatoms. The number of hydrogen-bond donors (Lipinski definition) is 2. The molecule has 0 saturated carbocycles. The molecule has 0 saturated heterocycles. The van der Waals surface area contributed by atoms with Crippen LogP contribution in [0.3, 0.4) is 0 Å². The number of sulfonamides is 1. The zero-order valence-electron chi connectivity index (χ0n) is 12.2. The molecule has 2 aromatic rings. The van der Waals surface area contributed by atoms with Crippen LogP contribution in [0.1, 0.15) is 25.1 Å². The van der Waals surface area contributed by atoms with Crippen molar-refractivity contribution in [2.75, 3.05) is 4.72 Å². The number of aryl methyl sites for hydroxylation is 2. The lowest BCUT2D eigenvalue weighted by atomic mass is 10.1. The standard InChI is InChI=1S/C15H20N2O3S/c1-3-12-7-5-6-8-15(12)16-21(19,20)14-9-13(11-18)17(4-2)10-14/h5-10,16,18H,3-4,11H2,1-2H3. The van der Waals surface area contributed by atoms with Crippen LogP contribution in [0, 0.1) is 0 Å². The van der Waals surface area contributed by atoms with E-state index in [0.717, 1.165) is 12.0 Å². The molecule has 1 aromatic heterocycles. The summed E-state index contributed by atoms with van der Waals surface area (Å²) >= 11 is 0. The number of aromatic nitrogens is 1. The number of hydrogen-bond acceptors (Lipinski definition) is 3. The minimum Gasteiger partial charge on any atom is -0.390 e. The van der Waals surface area contributed by atoms with Gasteiger partial charge in [0.2, 0.25) is 0 Å². The maximum absolute atomic E-state index is 12.5. The molecule has 21 heavy (non-hydrogen) atoms. The van der Waals surface area contributed by atoms with Crippen LogP contribution in [0.4, 0.5) is 5.69 Å². The molecule has 1 heterocycles. The van der Waals surface area contributed by atoms with Gasteiger partial charge in [-0.2, -0.15) is 0 Å². The highest BCUT2D eigenvalue weighted by Gasteiger charge is 2.19. The lowest BCUT2D eigenvalue weighted by molar-refractivity contribution is 0.271. The van der Waals surface area contributed by atoms with Crippen molar-refractivity contribution in [3.05, 3.63) is 47.8 Å². The largest absolute Gasteiger partial charge is 0.390 e. The first-order valence-electron chi connectivity index (χ1n) is 6.92. The maximum atomic E-state index is 12.5. The van der Waals surface area contributed by atoms with Crippen molar-refractivity contribution in [2.45, 2.75) is 38.3 Å². The number of aliphatic hydroxyl groups excluding tert-OH is 1. The van der Waals surface area contributed by atoms with Crippen molar-refractivity contribution in [3.63, 3.8) is 0 Å². The van der Waals surface area contributed by atoms with Gasteiger partial charge >= 0.3 is 0 Å². The van der Waals surface area contributed by atoms with Crippen molar-refractivity contribution in [1.82, 2.24) is 4.57 Å². The first kappa shape index (κ1) is 15.6. The van der Waals surface area contributed by atoms with E-state index in [-0.39, 0.29) is 11.5 Å². The summed E-state index contributed by atoms with van der Waals surface area (Å²) in [5, 5.41) is 9.26. The molecule has 0 radical (unpaired) electrons. The Morgan fingerprint density at radius 2 is 1.95 bits per heavy atom. The normalized spacial score (nSPS) is 11.6. The Kier molecular flexibility index (Phi) is 4.69. The Labute approximate surface area is 125 Å². The summed E-state index contributed by atoms with van der Waals surface area (Å²) in [4.78, 5) is 0.166. The van der Waals surface area contributed by atoms with Gasteiger partial charge in [0, 0.05) is 18.4 Å². The number of anilines is 1. The first-order chi connectivity index (χ1) is 10.0. The predicted octanol–water partition coefficient (Wildman–Crippen LogP) is 2.36. The zero-order valence-corrected chi connectivity index (χ0v) is 13.0. The molecule has 0 fully saturated rings. The van der Waals surface area contributed by atoms with Crippen LogP contribution in [-0.2, 0) is 29.6 Å². The molecule has 0 atom stereocenters. The fourth-order valence-corrected chi connectivity index (χ4v) is 3.39. The number of benzene rings is 1. The molecule has 0 bridgehead atoms. The third-order valence-corrected chi connectivity index (χ3v) is 4.75. The van der Waals surface area contributed by atoms with Crippen molar-refractivity contribution < 1.29 is 13.5 Å². The van der Waals surface area contributed by atoms with Gasteiger partial charge in [0.25, 0.3) is 10.0 Å². The molecule has 0 aliphatic heterocycles. The number of rotatable bonds is 6. The molecule has 2 rings (SSSR count). The van der Waals surface area contributed by atoms with Gasteiger partial charge in [-0.1, -0.05) is 25.1 Å². The third kappa shape index (κ3) is 3.28. The molecule has 2 N–H and O–H groups in total. The molecule has 5 nitrogen and oxygen atoms in total. The lowest BCUT2D eigenvalue weighted by Gasteiger charge is -2.10. The highest BCUT2D eigenvalue weighted by atomic mass is 32.2. The number of nitrogens with zero attached hydrogens (tertiary/aromatic N) is 1. The molecule has 1 aromatic carbocycles. The number of para-hydroxylation sites is 1. The maximum Gasteiger partial charge on any atom is 0.263 e. The SMILES string of the molecule is CCc1ccccc1NS(=O)(=O)c1cc(CO)n(CC)c1. The van der Waals surface area contributed by atoms with Crippen LogP contribution in [0.5, 0.6) is 0 Å². The first-order valence-corrected chi connectivity index (χ1v) is 8.40. The van der Waals surface area contributed by atoms with Crippen molar-refractivity contribution >= 4 is 15.7 Å². The highest BCUT2D eigenvalue weighted by molar-refractivity contribution is 7.92. The van der Waals surface area contributed by atoms with Gasteiger partial charge in [-0.05, 0) is 31.0 Å². The molecular weight excluding hydrogens is 288 g/mol. The van der Waals surface area contributed by atoms with Gasteiger partial charge in [-0.15, -0.1) is 0 Å². The van der Waals surface area contributed by atoms with E-state index < -0.39 is 10.0 Å². The molecule has 0 aliphatic rings. The number of aliphatic hydroxyl groups is 1. The fourth-order valence-electron chi connectivity index (χ4n) is 2.23. The van der Waals surface area contributed by atoms with E-state index in [4.69, 9.17) is 0 Å². The van der Waals surface area contributed by atoms with Crippen LogP contribution in [-0.4, -0.2) is 18.1 Å². The van der Waals surface area contributed by atoms with Gasteiger partial charge in [0.05, 0.1) is 12.3 Å². The highest BCUT2D eigenvalue weighted by Crippen LogP contribution is 2.22. The van der Waals surface area contributed by atoms with Crippen LogP contribution in [0.2, 0.25) is 0 Å². The Bertz CT molecular complexity index is 699. The van der Waals surface area contributed by atoms with E-state index in [1.807, 2.05) is 26.0 Å². The minimum absolute atomic E-state index is 0.166. The monoisotopic (exact) mass is 308 g/mol. The van der Waals surface area contributed by atoms with Gasteiger partial charge in [-0.3, -0.25) is 4.72 Å². The van der Waals surface area contributed by atoms with Gasteiger partial charge in [0.1, 0.15) is 4.90 Å². The summed E-state index contributed by atoms with van der Waals surface area (Å²) in [7, 11) is -3.65. The summed E-state index contributed by atoms with van der Waals surface area (Å²) in [5.41, 5.74) is 2.12. The summed E-state index contributed by atoms with van der Waals surface area (Å²) in [6, 6.07) is 8.83. The van der Waals surface area contributed by atoms with E-state index in [2.05, 4.69) is 4.72 Å².